The van der Waals surface area contributed by atoms with Gasteiger partial charge in [0.2, 0.25) is 12.7 Å². The van der Waals surface area contributed by atoms with E-state index < -0.39 is 0 Å². The molecular formula is C21H19N3O4. The number of aromatic nitrogens is 2. The Bertz CT molecular complexity index is 1030. The normalized spacial score (nSPS) is 18.1. The molecule has 7 nitrogen and oxygen atoms in total. The van der Waals surface area contributed by atoms with Gasteiger partial charge in [-0.05, 0) is 36.2 Å². The molecule has 1 fully saturated rings. The van der Waals surface area contributed by atoms with Gasteiger partial charge in [0.1, 0.15) is 0 Å². The highest BCUT2D eigenvalue weighted by Gasteiger charge is 2.35. The van der Waals surface area contributed by atoms with E-state index in [1.165, 1.54) is 5.56 Å². The molecule has 1 atom stereocenters. The molecule has 0 bridgehead atoms. The Hall–Kier alpha value is -3.35. The lowest BCUT2D eigenvalue weighted by Crippen LogP contribution is -2.24. The number of anilines is 1. The molecule has 0 radical (unpaired) electrons. The predicted molar refractivity (Wildman–Crippen MR) is 101 cm³/mol. The molecule has 2 aliphatic rings. The lowest BCUT2D eigenvalue weighted by molar-refractivity contribution is -0.117. The second kappa shape index (κ2) is 6.67. The molecule has 0 aliphatic carbocycles. The van der Waals surface area contributed by atoms with E-state index in [0.29, 0.717) is 36.2 Å². The van der Waals surface area contributed by atoms with Crippen molar-refractivity contribution in [3.05, 3.63) is 53.9 Å². The van der Waals surface area contributed by atoms with Gasteiger partial charge in [0, 0.05) is 36.2 Å². The highest BCUT2D eigenvalue weighted by molar-refractivity contribution is 5.96. The first-order valence-electron chi connectivity index (χ1n) is 9.34. The Morgan fingerprint density at radius 3 is 2.75 bits per heavy atom. The number of aryl methyl sites for hydroxylation is 1. The van der Waals surface area contributed by atoms with Crippen molar-refractivity contribution in [1.29, 1.82) is 0 Å². The van der Waals surface area contributed by atoms with Gasteiger partial charge in [-0.1, -0.05) is 24.2 Å². The van der Waals surface area contributed by atoms with Crippen LogP contribution in [0.2, 0.25) is 0 Å². The first-order valence-corrected chi connectivity index (χ1v) is 9.34. The minimum absolute atomic E-state index is 0.0301. The molecule has 28 heavy (non-hydrogen) atoms. The van der Waals surface area contributed by atoms with Crippen LogP contribution in [-0.2, 0) is 11.2 Å². The Morgan fingerprint density at radius 2 is 1.93 bits per heavy atom. The summed E-state index contributed by atoms with van der Waals surface area (Å²) in [5.74, 6) is 2.32. The summed E-state index contributed by atoms with van der Waals surface area (Å²) < 4.78 is 16.2. The van der Waals surface area contributed by atoms with Gasteiger partial charge < -0.3 is 18.9 Å². The van der Waals surface area contributed by atoms with E-state index in [2.05, 4.69) is 29.2 Å². The van der Waals surface area contributed by atoms with Crippen LogP contribution in [0, 0.1) is 0 Å². The van der Waals surface area contributed by atoms with Crippen molar-refractivity contribution in [2.45, 2.75) is 25.7 Å². The Balaban J connectivity index is 1.35. The molecule has 7 heteroatoms. The quantitative estimate of drug-likeness (QED) is 0.692. The smallest absolute Gasteiger partial charge is 0.257 e. The van der Waals surface area contributed by atoms with Crippen LogP contribution >= 0.6 is 0 Å². The molecule has 1 amide bonds. The van der Waals surface area contributed by atoms with E-state index in [1.54, 1.807) is 4.90 Å². The zero-order chi connectivity index (χ0) is 19.1. The zero-order valence-corrected chi connectivity index (χ0v) is 15.4. The van der Waals surface area contributed by atoms with Gasteiger partial charge in [0.05, 0.1) is 0 Å². The van der Waals surface area contributed by atoms with E-state index >= 15 is 0 Å². The Labute approximate surface area is 161 Å². The van der Waals surface area contributed by atoms with Crippen molar-refractivity contribution in [2.75, 3.05) is 18.2 Å². The highest BCUT2D eigenvalue weighted by atomic mass is 16.7. The zero-order valence-electron chi connectivity index (χ0n) is 15.4. The average Bonchev–Trinajstić information content (AvgIpc) is 3.46. The lowest BCUT2D eigenvalue weighted by Gasteiger charge is -2.16. The number of fused-ring (bicyclic) bond motifs is 1. The summed E-state index contributed by atoms with van der Waals surface area (Å²) in [5, 5.41) is 4.13. The van der Waals surface area contributed by atoms with Crippen molar-refractivity contribution in [3.8, 4) is 23.0 Å². The maximum absolute atomic E-state index is 12.6. The van der Waals surface area contributed by atoms with E-state index in [9.17, 15) is 4.79 Å². The third-order valence-corrected chi connectivity index (χ3v) is 5.21. The minimum Gasteiger partial charge on any atom is -0.454 e. The molecule has 5 rings (SSSR count). The van der Waals surface area contributed by atoms with Crippen molar-refractivity contribution < 1.29 is 18.8 Å². The fourth-order valence-electron chi connectivity index (χ4n) is 3.58. The molecule has 1 aromatic heterocycles. The number of hydrogen-bond donors (Lipinski definition) is 0. The van der Waals surface area contributed by atoms with Crippen molar-refractivity contribution in [1.82, 2.24) is 10.1 Å². The number of carbonyl (C=O) groups is 1. The number of amides is 1. The molecule has 1 unspecified atom stereocenters. The Morgan fingerprint density at radius 1 is 1.11 bits per heavy atom. The van der Waals surface area contributed by atoms with Crippen LogP contribution in [0.15, 0.2) is 47.0 Å². The summed E-state index contributed by atoms with van der Waals surface area (Å²) >= 11 is 0. The molecule has 2 aromatic carbocycles. The van der Waals surface area contributed by atoms with Crippen molar-refractivity contribution >= 4 is 11.6 Å². The van der Waals surface area contributed by atoms with Gasteiger partial charge in [-0.15, -0.1) is 0 Å². The average molecular weight is 377 g/mol. The minimum atomic E-state index is -0.106. The Kier molecular flexibility index (Phi) is 4.00. The van der Waals surface area contributed by atoms with Crippen molar-refractivity contribution in [3.63, 3.8) is 0 Å². The van der Waals surface area contributed by atoms with Gasteiger partial charge in [-0.2, -0.15) is 4.98 Å². The maximum atomic E-state index is 12.6. The maximum Gasteiger partial charge on any atom is 0.257 e. The predicted octanol–water partition coefficient (Wildman–Crippen LogP) is 3.55. The highest BCUT2D eigenvalue weighted by Crippen LogP contribution is 2.38. The first-order chi connectivity index (χ1) is 13.7. The van der Waals surface area contributed by atoms with Crippen molar-refractivity contribution in [2.24, 2.45) is 0 Å². The lowest BCUT2D eigenvalue weighted by atomic mass is 10.1. The van der Waals surface area contributed by atoms with Gasteiger partial charge in [-0.25, -0.2) is 0 Å². The second-order valence-electron chi connectivity index (χ2n) is 6.95. The molecule has 0 spiro atoms. The topological polar surface area (TPSA) is 77.7 Å². The number of nitrogens with zero attached hydrogens (tertiary/aromatic N) is 3. The molecule has 2 aliphatic heterocycles. The van der Waals surface area contributed by atoms with Crippen LogP contribution in [0.5, 0.6) is 11.5 Å². The molecule has 142 valence electrons. The third-order valence-electron chi connectivity index (χ3n) is 5.21. The van der Waals surface area contributed by atoms with E-state index in [-0.39, 0.29) is 18.6 Å². The van der Waals surface area contributed by atoms with Gasteiger partial charge >= 0.3 is 0 Å². The summed E-state index contributed by atoms with van der Waals surface area (Å²) in [4.78, 5) is 18.8. The summed E-state index contributed by atoms with van der Waals surface area (Å²) in [5.41, 5.74) is 2.92. The van der Waals surface area contributed by atoms with Crippen LogP contribution in [0.3, 0.4) is 0 Å². The monoisotopic (exact) mass is 377 g/mol. The number of ether oxygens (including phenoxy) is 2. The van der Waals surface area contributed by atoms with E-state index in [4.69, 9.17) is 14.0 Å². The fraction of sp³-hybridized carbons (Fsp3) is 0.286. The number of benzene rings is 2. The van der Waals surface area contributed by atoms with Crippen LogP contribution in [0.4, 0.5) is 5.69 Å². The van der Waals surface area contributed by atoms with Gasteiger partial charge in [0.15, 0.2) is 17.3 Å². The molecule has 3 heterocycles. The van der Waals surface area contributed by atoms with E-state index in [1.807, 2.05) is 30.3 Å². The standard InChI is InChI=1S/C21H19N3O4/c1-2-13-3-5-14(6-4-13)21-22-20(23-28-21)15-9-19(25)24(11-15)16-7-8-17-18(10-16)27-12-26-17/h3-8,10,15H,2,9,11-12H2,1H3. The van der Waals surface area contributed by atoms with Crippen LogP contribution in [0.1, 0.15) is 30.7 Å². The number of rotatable bonds is 4. The van der Waals surface area contributed by atoms with Gasteiger partial charge in [0.25, 0.3) is 5.89 Å². The summed E-state index contributed by atoms with van der Waals surface area (Å²) in [6.45, 7) is 2.83. The van der Waals surface area contributed by atoms with Gasteiger partial charge in [-0.3, -0.25) is 4.79 Å². The molecule has 0 saturated carbocycles. The number of hydrogen-bond acceptors (Lipinski definition) is 6. The summed E-state index contributed by atoms with van der Waals surface area (Å²) in [6, 6.07) is 13.6. The number of carbonyl (C=O) groups excluding carboxylic acids is 1. The molecule has 1 saturated heterocycles. The second-order valence-corrected chi connectivity index (χ2v) is 6.95. The van der Waals surface area contributed by atoms with Crippen LogP contribution < -0.4 is 14.4 Å². The largest absolute Gasteiger partial charge is 0.454 e. The SMILES string of the molecule is CCc1ccc(-c2nc(C3CC(=O)N(c4ccc5c(c4)OCO5)C3)no2)cc1. The molecule has 3 aromatic rings. The summed E-state index contributed by atoms with van der Waals surface area (Å²) in [7, 11) is 0. The summed E-state index contributed by atoms with van der Waals surface area (Å²) in [6.07, 6.45) is 1.33. The fourth-order valence-corrected chi connectivity index (χ4v) is 3.58. The van der Waals surface area contributed by atoms with Crippen LogP contribution in [-0.4, -0.2) is 29.4 Å². The van der Waals surface area contributed by atoms with Crippen LogP contribution in [0.25, 0.3) is 11.5 Å². The molecule has 0 N–H and O–H groups in total. The molecular weight excluding hydrogens is 358 g/mol. The third kappa shape index (κ3) is 2.89. The van der Waals surface area contributed by atoms with E-state index in [0.717, 1.165) is 17.7 Å². The first kappa shape index (κ1) is 16.8.